The summed E-state index contributed by atoms with van der Waals surface area (Å²) in [6.07, 6.45) is -1.78. The number of carbonyl (C=O) groups is 1. The quantitative estimate of drug-likeness (QED) is 0.787. The van der Waals surface area contributed by atoms with E-state index in [1.807, 2.05) is 0 Å². The molecule has 0 fully saturated rings. The second-order valence-electron chi connectivity index (χ2n) is 3.21. The highest BCUT2D eigenvalue weighted by Crippen LogP contribution is 2.41. The summed E-state index contributed by atoms with van der Waals surface area (Å²) in [6, 6.07) is 1.57. The number of benzene rings is 1. The number of aliphatic hydroxyl groups is 1. The van der Waals surface area contributed by atoms with Gasteiger partial charge in [-0.2, -0.15) is 0 Å². The van der Waals surface area contributed by atoms with Gasteiger partial charge in [-0.15, -0.1) is 0 Å². The minimum absolute atomic E-state index is 0.0625. The molecule has 0 spiro atoms. The number of carboxylic acid groups (broad SMARTS) is 1. The van der Waals surface area contributed by atoms with Crippen LogP contribution in [0.15, 0.2) is 10.5 Å². The van der Waals surface area contributed by atoms with Crippen molar-refractivity contribution in [2.24, 2.45) is 0 Å². The fraction of sp³-hybridized carbons (Fsp3) is 0.300. The lowest BCUT2D eigenvalue weighted by atomic mass is 10.0. The molecule has 0 radical (unpaired) electrons. The first-order valence-corrected chi connectivity index (χ1v) is 5.16. The van der Waals surface area contributed by atoms with E-state index < -0.39 is 12.1 Å². The second kappa shape index (κ2) is 4.71. The van der Waals surface area contributed by atoms with Gasteiger partial charge in [-0.05, 0) is 34.5 Å². The SMILES string of the molecule is COc1c(Br)cc(C)c(C(O)C(=O)O)c1O. The van der Waals surface area contributed by atoms with Gasteiger partial charge in [0.05, 0.1) is 11.6 Å². The Morgan fingerprint density at radius 1 is 1.56 bits per heavy atom. The molecule has 1 atom stereocenters. The van der Waals surface area contributed by atoms with Gasteiger partial charge >= 0.3 is 5.97 Å². The summed E-state index contributed by atoms with van der Waals surface area (Å²) in [6.45, 7) is 1.59. The van der Waals surface area contributed by atoms with E-state index in [0.717, 1.165) is 0 Å². The highest BCUT2D eigenvalue weighted by molar-refractivity contribution is 9.10. The molecule has 0 saturated heterocycles. The summed E-state index contributed by atoms with van der Waals surface area (Å²) in [5, 5.41) is 27.9. The molecule has 0 aliphatic carbocycles. The van der Waals surface area contributed by atoms with Gasteiger partial charge in [0.15, 0.2) is 17.6 Å². The van der Waals surface area contributed by atoms with Gasteiger partial charge in [-0.1, -0.05) is 0 Å². The van der Waals surface area contributed by atoms with Gasteiger partial charge in [0.2, 0.25) is 0 Å². The highest BCUT2D eigenvalue weighted by atomic mass is 79.9. The number of carboxylic acids is 1. The third-order valence-corrected chi connectivity index (χ3v) is 2.76. The fourth-order valence-electron chi connectivity index (χ4n) is 1.42. The van der Waals surface area contributed by atoms with Crippen LogP contribution < -0.4 is 4.74 Å². The summed E-state index contributed by atoms with van der Waals surface area (Å²) in [4.78, 5) is 10.7. The van der Waals surface area contributed by atoms with Crippen molar-refractivity contribution >= 4 is 21.9 Å². The molecule has 0 aliphatic heterocycles. The van der Waals surface area contributed by atoms with E-state index in [1.165, 1.54) is 7.11 Å². The molecule has 0 heterocycles. The van der Waals surface area contributed by atoms with Gasteiger partial charge in [0.1, 0.15) is 0 Å². The van der Waals surface area contributed by atoms with E-state index in [1.54, 1.807) is 13.0 Å². The van der Waals surface area contributed by atoms with Crippen molar-refractivity contribution in [3.63, 3.8) is 0 Å². The third kappa shape index (κ3) is 2.12. The predicted molar refractivity (Wildman–Crippen MR) is 59.7 cm³/mol. The zero-order chi connectivity index (χ0) is 12.5. The number of phenolic OH excluding ortho intramolecular Hbond substituents is 1. The Morgan fingerprint density at radius 3 is 2.56 bits per heavy atom. The Bertz CT molecular complexity index is 430. The molecular formula is C10H11BrO5. The number of rotatable bonds is 3. The summed E-state index contributed by atoms with van der Waals surface area (Å²) >= 11 is 3.16. The summed E-state index contributed by atoms with van der Waals surface area (Å²) in [5.41, 5.74) is 0.396. The van der Waals surface area contributed by atoms with E-state index in [9.17, 15) is 15.0 Å². The van der Waals surface area contributed by atoms with Crippen molar-refractivity contribution < 1.29 is 24.9 Å². The number of halogens is 1. The first-order valence-electron chi connectivity index (χ1n) is 4.37. The van der Waals surface area contributed by atoms with Crippen LogP contribution in [0.1, 0.15) is 17.2 Å². The summed E-state index contributed by atoms with van der Waals surface area (Å²) < 4.78 is 5.39. The normalized spacial score (nSPS) is 12.2. The Hall–Kier alpha value is -1.27. The molecule has 0 amide bonds. The maximum Gasteiger partial charge on any atom is 0.337 e. The van der Waals surface area contributed by atoms with E-state index in [0.29, 0.717) is 10.0 Å². The molecule has 3 N–H and O–H groups in total. The molecule has 5 nitrogen and oxygen atoms in total. The Labute approximate surface area is 100 Å². The molecule has 16 heavy (non-hydrogen) atoms. The van der Waals surface area contributed by atoms with E-state index >= 15 is 0 Å². The molecule has 0 aliphatic rings. The molecule has 0 bridgehead atoms. The number of phenols is 1. The number of hydrogen-bond donors (Lipinski definition) is 3. The van der Waals surface area contributed by atoms with Gasteiger partial charge in [-0.3, -0.25) is 0 Å². The maximum atomic E-state index is 10.7. The smallest absolute Gasteiger partial charge is 0.337 e. The summed E-state index contributed by atoms with van der Waals surface area (Å²) in [7, 11) is 1.34. The molecule has 88 valence electrons. The van der Waals surface area contributed by atoms with Crippen LogP contribution in [0.3, 0.4) is 0 Å². The minimum atomic E-state index is -1.78. The number of methoxy groups -OCH3 is 1. The first-order chi connectivity index (χ1) is 7.40. The topological polar surface area (TPSA) is 87.0 Å². The lowest BCUT2D eigenvalue weighted by molar-refractivity contribution is -0.147. The molecule has 1 aromatic rings. The van der Waals surface area contributed by atoms with Crippen LogP contribution in [-0.2, 0) is 4.79 Å². The van der Waals surface area contributed by atoms with Crippen LogP contribution >= 0.6 is 15.9 Å². The average molecular weight is 291 g/mol. The largest absolute Gasteiger partial charge is 0.504 e. The Morgan fingerprint density at radius 2 is 2.12 bits per heavy atom. The monoisotopic (exact) mass is 290 g/mol. The Balaban J connectivity index is 3.45. The number of aromatic hydroxyl groups is 1. The molecule has 1 aromatic carbocycles. The number of aryl methyl sites for hydroxylation is 1. The van der Waals surface area contributed by atoms with Crippen molar-refractivity contribution in [1.29, 1.82) is 0 Å². The zero-order valence-corrected chi connectivity index (χ0v) is 10.3. The maximum absolute atomic E-state index is 10.7. The van der Waals surface area contributed by atoms with Gasteiger partial charge in [0.25, 0.3) is 0 Å². The van der Waals surface area contributed by atoms with Crippen LogP contribution in [0.4, 0.5) is 0 Å². The number of ether oxygens (including phenoxy) is 1. The first kappa shape index (κ1) is 12.8. The van der Waals surface area contributed by atoms with E-state index in [2.05, 4.69) is 15.9 Å². The van der Waals surface area contributed by atoms with Crippen LogP contribution in [0.5, 0.6) is 11.5 Å². The highest BCUT2D eigenvalue weighted by Gasteiger charge is 2.25. The second-order valence-corrected chi connectivity index (χ2v) is 4.07. The molecule has 6 heteroatoms. The molecule has 0 saturated carbocycles. The van der Waals surface area contributed by atoms with E-state index in [-0.39, 0.29) is 17.1 Å². The molecule has 1 unspecified atom stereocenters. The average Bonchev–Trinajstić information content (AvgIpc) is 2.17. The lowest BCUT2D eigenvalue weighted by Gasteiger charge is -2.15. The third-order valence-electron chi connectivity index (χ3n) is 2.17. The van der Waals surface area contributed by atoms with Crippen LogP contribution in [0.25, 0.3) is 0 Å². The summed E-state index contributed by atoms with van der Waals surface area (Å²) in [5.74, 6) is -1.70. The van der Waals surface area contributed by atoms with Crippen molar-refractivity contribution in [1.82, 2.24) is 0 Å². The van der Waals surface area contributed by atoms with Gasteiger partial charge in [0, 0.05) is 5.56 Å². The van der Waals surface area contributed by atoms with Crippen LogP contribution in [0.2, 0.25) is 0 Å². The zero-order valence-electron chi connectivity index (χ0n) is 8.69. The molecular weight excluding hydrogens is 280 g/mol. The fourth-order valence-corrected chi connectivity index (χ4v) is 2.11. The Kier molecular flexibility index (Phi) is 3.77. The van der Waals surface area contributed by atoms with Gasteiger partial charge < -0.3 is 20.1 Å². The van der Waals surface area contributed by atoms with Gasteiger partial charge in [-0.25, -0.2) is 4.79 Å². The number of aliphatic carboxylic acids is 1. The van der Waals surface area contributed by atoms with Crippen molar-refractivity contribution in [2.75, 3.05) is 7.11 Å². The van der Waals surface area contributed by atoms with Crippen LogP contribution in [0, 0.1) is 6.92 Å². The lowest BCUT2D eigenvalue weighted by Crippen LogP contribution is -2.12. The van der Waals surface area contributed by atoms with Crippen molar-refractivity contribution in [2.45, 2.75) is 13.0 Å². The van der Waals surface area contributed by atoms with E-state index in [4.69, 9.17) is 9.84 Å². The van der Waals surface area contributed by atoms with Crippen molar-refractivity contribution in [3.8, 4) is 11.5 Å². The number of hydrogen-bond acceptors (Lipinski definition) is 4. The standard InChI is InChI=1S/C10H11BrO5/c1-4-3-5(11)9(16-2)7(12)6(4)8(13)10(14)15/h3,8,12-13H,1-2H3,(H,14,15). The molecule has 0 aromatic heterocycles. The molecule has 1 rings (SSSR count). The van der Waals surface area contributed by atoms with Crippen LogP contribution in [-0.4, -0.2) is 28.4 Å². The minimum Gasteiger partial charge on any atom is -0.504 e. The predicted octanol–water partition coefficient (Wildman–Crippen LogP) is 1.59. The number of aliphatic hydroxyl groups excluding tert-OH is 1. The van der Waals surface area contributed by atoms with Crippen molar-refractivity contribution in [3.05, 3.63) is 21.7 Å².